The van der Waals surface area contributed by atoms with E-state index in [1.54, 1.807) is 0 Å². The first-order valence-corrected chi connectivity index (χ1v) is 12.3. The number of benzene rings is 2. The zero-order valence-electron chi connectivity index (χ0n) is 19.5. The van der Waals surface area contributed by atoms with Gasteiger partial charge in [-0.05, 0) is 61.2 Å². The van der Waals surface area contributed by atoms with Crippen molar-refractivity contribution in [3.05, 3.63) is 77.6 Å². The molecule has 1 unspecified atom stereocenters. The molecule has 4 aliphatic rings. The van der Waals surface area contributed by atoms with Crippen LogP contribution in [0, 0.1) is 5.92 Å². The van der Waals surface area contributed by atoms with Crippen molar-refractivity contribution in [2.24, 2.45) is 5.92 Å². The number of hydrogen-bond donors (Lipinski definition) is 0. The monoisotopic (exact) mass is 469 g/mol. The number of para-hydroxylation sites is 1. The number of carbonyl (C=O) groups excluding carboxylic acids is 1. The van der Waals surface area contributed by atoms with Gasteiger partial charge in [0, 0.05) is 42.8 Å². The fourth-order valence-corrected chi connectivity index (χ4v) is 6.08. The van der Waals surface area contributed by atoms with E-state index in [0.29, 0.717) is 29.8 Å². The summed E-state index contributed by atoms with van der Waals surface area (Å²) >= 11 is 0. The number of nitrogens with zero attached hydrogens (tertiary/aromatic N) is 3. The van der Waals surface area contributed by atoms with E-state index in [4.69, 9.17) is 14.2 Å². The Bertz CT molecular complexity index is 1290. The number of carbonyl (C=O) groups is 1. The van der Waals surface area contributed by atoms with E-state index in [9.17, 15) is 4.79 Å². The van der Waals surface area contributed by atoms with Gasteiger partial charge < -0.3 is 19.1 Å². The number of amides is 1. The van der Waals surface area contributed by atoms with Crippen LogP contribution >= 0.6 is 0 Å². The molecule has 1 amide bonds. The fraction of sp³-hybridized carbons (Fsp3) is 0.357. The summed E-state index contributed by atoms with van der Waals surface area (Å²) in [4.78, 5) is 22.9. The third-order valence-electron chi connectivity index (χ3n) is 7.92. The Morgan fingerprint density at radius 1 is 0.943 bits per heavy atom. The summed E-state index contributed by atoms with van der Waals surface area (Å²) < 4.78 is 17.3. The summed E-state index contributed by atoms with van der Waals surface area (Å²) in [6.45, 7) is 4.23. The molecule has 1 aromatic heterocycles. The zero-order chi connectivity index (χ0) is 23.4. The summed E-state index contributed by atoms with van der Waals surface area (Å²) in [5.41, 5.74) is 3.33. The molecule has 1 atom stereocenters. The molecule has 178 valence electrons. The van der Waals surface area contributed by atoms with Crippen molar-refractivity contribution in [2.75, 3.05) is 37.9 Å². The van der Waals surface area contributed by atoms with E-state index >= 15 is 0 Å². The largest absolute Gasteiger partial charge is 0.491 e. The Balaban J connectivity index is 1.13. The first-order valence-electron chi connectivity index (χ1n) is 12.3. The second-order valence-electron chi connectivity index (χ2n) is 9.91. The van der Waals surface area contributed by atoms with Crippen LogP contribution in [0.5, 0.6) is 17.2 Å². The van der Waals surface area contributed by atoms with Gasteiger partial charge in [-0.15, -0.1) is 0 Å². The zero-order valence-corrected chi connectivity index (χ0v) is 19.5. The smallest absolute Gasteiger partial charge is 0.245 e. The lowest BCUT2D eigenvalue weighted by Gasteiger charge is -2.34. The van der Waals surface area contributed by atoms with Crippen molar-refractivity contribution in [1.29, 1.82) is 0 Å². The van der Waals surface area contributed by atoms with Crippen LogP contribution in [0.3, 0.4) is 0 Å². The molecule has 0 aliphatic carbocycles. The Morgan fingerprint density at radius 2 is 1.77 bits per heavy atom. The van der Waals surface area contributed by atoms with Crippen molar-refractivity contribution in [3.8, 4) is 17.2 Å². The van der Waals surface area contributed by atoms with E-state index in [0.717, 1.165) is 55.8 Å². The SMILES string of the molecule is O=C1N(CC2CCN(Cc3cccnc3)CC2)c2ccccc2C12COc1cc3c(cc12)OCO3. The highest BCUT2D eigenvalue weighted by Gasteiger charge is 2.57. The van der Waals surface area contributed by atoms with E-state index in [1.807, 2.05) is 47.6 Å². The van der Waals surface area contributed by atoms with Gasteiger partial charge in [0.05, 0.1) is 0 Å². The molecular weight excluding hydrogens is 442 g/mol. The van der Waals surface area contributed by atoms with Crippen molar-refractivity contribution in [3.63, 3.8) is 0 Å². The lowest BCUT2D eigenvalue weighted by Crippen LogP contribution is -2.45. The molecule has 7 nitrogen and oxygen atoms in total. The van der Waals surface area contributed by atoms with Crippen molar-refractivity contribution in [1.82, 2.24) is 9.88 Å². The summed E-state index contributed by atoms with van der Waals surface area (Å²) in [6.07, 6.45) is 5.91. The molecule has 3 aromatic rings. The molecule has 7 heteroatoms. The summed E-state index contributed by atoms with van der Waals surface area (Å²) in [5.74, 6) is 2.63. The van der Waals surface area contributed by atoms with E-state index in [-0.39, 0.29) is 12.7 Å². The minimum Gasteiger partial charge on any atom is -0.491 e. The highest BCUT2D eigenvalue weighted by molar-refractivity contribution is 6.11. The summed E-state index contributed by atoms with van der Waals surface area (Å²) in [7, 11) is 0. The van der Waals surface area contributed by atoms with E-state index in [2.05, 4.69) is 28.1 Å². The topological polar surface area (TPSA) is 64.1 Å². The number of hydrogen-bond acceptors (Lipinski definition) is 6. The number of rotatable bonds is 4. The minimum absolute atomic E-state index is 0.106. The molecule has 2 aromatic carbocycles. The van der Waals surface area contributed by atoms with Gasteiger partial charge in [-0.1, -0.05) is 24.3 Å². The third-order valence-corrected chi connectivity index (χ3v) is 7.92. The second-order valence-corrected chi connectivity index (χ2v) is 9.91. The Morgan fingerprint density at radius 3 is 2.60 bits per heavy atom. The molecule has 0 saturated carbocycles. The van der Waals surface area contributed by atoms with Gasteiger partial charge in [-0.25, -0.2) is 0 Å². The first kappa shape index (κ1) is 20.8. The molecule has 5 heterocycles. The van der Waals surface area contributed by atoms with Crippen LogP contribution in [0.15, 0.2) is 60.9 Å². The number of anilines is 1. The Kier molecular flexibility index (Phi) is 4.74. The number of ether oxygens (including phenoxy) is 3. The fourth-order valence-electron chi connectivity index (χ4n) is 6.08. The van der Waals surface area contributed by atoms with Gasteiger partial charge >= 0.3 is 0 Å². The van der Waals surface area contributed by atoms with Crippen molar-refractivity contribution < 1.29 is 19.0 Å². The van der Waals surface area contributed by atoms with E-state index < -0.39 is 5.41 Å². The van der Waals surface area contributed by atoms with E-state index in [1.165, 1.54) is 5.56 Å². The maximum atomic E-state index is 14.2. The Labute approximate surface area is 204 Å². The van der Waals surface area contributed by atoms with Crippen LogP contribution in [0.4, 0.5) is 5.69 Å². The number of piperidine rings is 1. The number of fused-ring (bicyclic) bond motifs is 5. The lowest BCUT2D eigenvalue weighted by molar-refractivity contribution is -0.122. The van der Waals surface area contributed by atoms with Crippen LogP contribution in [-0.4, -0.2) is 48.8 Å². The minimum atomic E-state index is -0.825. The molecule has 0 bridgehead atoms. The van der Waals surface area contributed by atoms with Gasteiger partial charge in [-0.2, -0.15) is 0 Å². The maximum Gasteiger partial charge on any atom is 0.245 e. The highest BCUT2D eigenvalue weighted by Crippen LogP contribution is 2.55. The molecule has 1 saturated heterocycles. The molecule has 0 N–H and O–H groups in total. The predicted molar refractivity (Wildman–Crippen MR) is 130 cm³/mol. The number of aromatic nitrogens is 1. The molecule has 1 spiro atoms. The van der Waals surface area contributed by atoms with Gasteiger partial charge in [-0.3, -0.25) is 14.7 Å². The number of pyridine rings is 1. The van der Waals surface area contributed by atoms with Gasteiger partial charge in [0.25, 0.3) is 0 Å². The first-order chi connectivity index (χ1) is 17.2. The van der Waals surface area contributed by atoms with Crippen molar-refractivity contribution >= 4 is 11.6 Å². The van der Waals surface area contributed by atoms with Gasteiger partial charge in [0.15, 0.2) is 11.5 Å². The molecule has 4 aliphatic heterocycles. The Hall–Kier alpha value is -3.58. The summed E-state index contributed by atoms with van der Waals surface area (Å²) in [5, 5.41) is 0. The van der Waals surface area contributed by atoms with Crippen LogP contribution in [0.1, 0.15) is 29.5 Å². The average Bonchev–Trinajstić information content (AvgIpc) is 3.57. The van der Waals surface area contributed by atoms with Gasteiger partial charge in [0.2, 0.25) is 12.7 Å². The molecule has 7 rings (SSSR count). The maximum absolute atomic E-state index is 14.2. The molecular formula is C28H27N3O4. The average molecular weight is 470 g/mol. The van der Waals surface area contributed by atoms with Crippen LogP contribution in [0.2, 0.25) is 0 Å². The summed E-state index contributed by atoms with van der Waals surface area (Å²) in [6, 6.07) is 16.1. The molecule has 0 radical (unpaired) electrons. The normalized spacial score (nSPS) is 23.0. The molecule has 35 heavy (non-hydrogen) atoms. The quantitative estimate of drug-likeness (QED) is 0.580. The van der Waals surface area contributed by atoms with Crippen LogP contribution < -0.4 is 19.1 Å². The van der Waals surface area contributed by atoms with Crippen LogP contribution in [0.25, 0.3) is 0 Å². The third kappa shape index (κ3) is 3.22. The molecule has 1 fully saturated rings. The number of likely N-dealkylation sites (tertiary alicyclic amines) is 1. The highest BCUT2D eigenvalue weighted by atomic mass is 16.7. The standard InChI is InChI=1S/C28H27N3O4/c32-27-28(17-33-24-13-26-25(12-22(24)28)34-18-35-26)21-5-1-2-6-23(21)31(27)16-19-7-10-30(11-8-19)15-20-4-3-9-29-14-20/h1-6,9,12-14,19H,7-8,10-11,15-18H2. The second kappa shape index (κ2) is 7.99. The van der Waals surface area contributed by atoms with Crippen molar-refractivity contribution in [2.45, 2.75) is 24.8 Å². The van der Waals surface area contributed by atoms with Gasteiger partial charge in [0.1, 0.15) is 17.8 Å². The lowest BCUT2D eigenvalue weighted by atomic mass is 9.77. The van der Waals surface area contributed by atoms with Crippen LogP contribution in [-0.2, 0) is 16.8 Å². The predicted octanol–water partition coefficient (Wildman–Crippen LogP) is 3.75.